The highest BCUT2D eigenvalue weighted by atomic mass is 127. The summed E-state index contributed by atoms with van der Waals surface area (Å²) >= 11 is 13.9. The molecule has 1 fully saturated rings. The summed E-state index contributed by atoms with van der Waals surface area (Å²) in [4.78, 5) is 23.8. The second kappa shape index (κ2) is 6.30. The van der Waals surface area contributed by atoms with Crippen molar-refractivity contribution in [2.45, 2.75) is 32.2 Å². The van der Waals surface area contributed by atoms with Crippen molar-refractivity contribution in [2.24, 2.45) is 5.41 Å². The standard InChI is InChI=1S/C14H14Cl2INO3/c1-14(13(20)21)4-2-3-10(14)18-12(19)8-5-7(15)6-9(16)11(8)17/h5-6,10H,2-4H2,1H3,(H,18,19)(H,20,21). The fourth-order valence-corrected chi connectivity index (χ4v) is 3.66. The van der Waals surface area contributed by atoms with Crippen LogP contribution in [0.15, 0.2) is 12.1 Å². The molecule has 0 saturated heterocycles. The molecule has 1 saturated carbocycles. The van der Waals surface area contributed by atoms with Crippen LogP contribution in [0.1, 0.15) is 36.5 Å². The van der Waals surface area contributed by atoms with E-state index in [1.54, 1.807) is 13.0 Å². The van der Waals surface area contributed by atoms with Gasteiger partial charge in [0.2, 0.25) is 0 Å². The van der Waals surface area contributed by atoms with Gasteiger partial charge in [0.15, 0.2) is 0 Å². The average Bonchev–Trinajstić information content (AvgIpc) is 2.76. The molecule has 1 aromatic rings. The number of hydrogen-bond donors (Lipinski definition) is 2. The molecule has 1 aliphatic carbocycles. The molecule has 0 aromatic heterocycles. The number of carboxylic acids is 1. The van der Waals surface area contributed by atoms with Crippen molar-refractivity contribution < 1.29 is 14.7 Å². The van der Waals surface area contributed by atoms with E-state index in [9.17, 15) is 14.7 Å². The van der Waals surface area contributed by atoms with Crippen molar-refractivity contribution in [2.75, 3.05) is 0 Å². The van der Waals surface area contributed by atoms with Gasteiger partial charge in [0.1, 0.15) is 0 Å². The molecular weight excluding hydrogens is 428 g/mol. The van der Waals surface area contributed by atoms with Crippen LogP contribution in [-0.2, 0) is 4.79 Å². The van der Waals surface area contributed by atoms with Gasteiger partial charge in [-0.1, -0.05) is 29.6 Å². The van der Waals surface area contributed by atoms with Gasteiger partial charge in [0, 0.05) is 14.6 Å². The van der Waals surface area contributed by atoms with Crippen molar-refractivity contribution in [3.63, 3.8) is 0 Å². The number of amides is 1. The van der Waals surface area contributed by atoms with Crippen LogP contribution in [0.25, 0.3) is 0 Å². The Morgan fingerprint density at radius 3 is 2.71 bits per heavy atom. The Balaban J connectivity index is 2.25. The van der Waals surface area contributed by atoms with Crippen molar-refractivity contribution in [1.29, 1.82) is 0 Å². The monoisotopic (exact) mass is 441 g/mol. The van der Waals surface area contributed by atoms with E-state index in [0.29, 0.717) is 32.0 Å². The summed E-state index contributed by atoms with van der Waals surface area (Å²) in [6.07, 6.45) is 1.99. The fourth-order valence-electron chi connectivity index (χ4n) is 2.61. The van der Waals surface area contributed by atoms with Gasteiger partial charge >= 0.3 is 5.97 Å². The first-order valence-electron chi connectivity index (χ1n) is 6.44. The topological polar surface area (TPSA) is 66.4 Å². The summed E-state index contributed by atoms with van der Waals surface area (Å²) < 4.78 is 0.603. The van der Waals surface area contributed by atoms with E-state index in [0.717, 1.165) is 6.42 Å². The lowest BCUT2D eigenvalue weighted by molar-refractivity contribution is -0.148. The Morgan fingerprint density at radius 2 is 2.10 bits per heavy atom. The minimum Gasteiger partial charge on any atom is -0.481 e. The second-order valence-corrected chi connectivity index (χ2v) is 7.31. The molecule has 0 spiro atoms. The lowest BCUT2D eigenvalue weighted by Crippen LogP contribution is -2.47. The van der Waals surface area contributed by atoms with E-state index in [1.807, 2.05) is 22.6 Å². The van der Waals surface area contributed by atoms with Crippen molar-refractivity contribution in [1.82, 2.24) is 5.32 Å². The van der Waals surface area contributed by atoms with E-state index in [4.69, 9.17) is 23.2 Å². The zero-order valence-corrected chi connectivity index (χ0v) is 14.9. The molecule has 1 aromatic carbocycles. The lowest BCUT2D eigenvalue weighted by atomic mass is 9.85. The van der Waals surface area contributed by atoms with E-state index in [1.165, 1.54) is 6.07 Å². The summed E-state index contributed by atoms with van der Waals surface area (Å²) in [6.45, 7) is 1.67. The number of hydrogen-bond acceptors (Lipinski definition) is 2. The Labute approximate surface area is 146 Å². The smallest absolute Gasteiger partial charge is 0.311 e. The molecule has 0 radical (unpaired) electrons. The van der Waals surface area contributed by atoms with Crippen LogP contribution < -0.4 is 5.32 Å². The molecule has 21 heavy (non-hydrogen) atoms. The van der Waals surface area contributed by atoms with Gasteiger partial charge in [0.05, 0.1) is 16.0 Å². The normalized spacial score (nSPS) is 24.9. The van der Waals surface area contributed by atoms with Crippen LogP contribution >= 0.6 is 45.8 Å². The van der Waals surface area contributed by atoms with Gasteiger partial charge in [-0.2, -0.15) is 0 Å². The fraction of sp³-hybridized carbons (Fsp3) is 0.429. The third-order valence-electron chi connectivity index (χ3n) is 3.99. The minimum absolute atomic E-state index is 0.344. The number of benzene rings is 1. The van der Waals surface area contributed by atoms with Gasteiger partial charge in [0.25, 0.3) is 5.91 Å². The quantitative estimate of drug-likeness (QED) is 0.550. The molecule has 4 nitrogen and oxygen atoms in total. The van der Waals surface area contributed by atoms with Crippen LogP contribution in [0.3, 0.4) is 0 Å². The predicted octanol–water partition coefficient (Wildman–Crippen LogP) is 3.97. The highest BCUT2D eigenvalue weighted by Crippen LogP contribution is 2.38. The van der Waals surface area contributed by atoms with Crippen LogP contribution in [-0.4, -0.2) is 23.0 Å². The van der Waals surface area contributed by atoms with Gasteiger partial charge in [-0.05, 0) is 54.5 Å². The maximum atomic E-state index is 12.4. The third kappa shape index (κ3) is 3.29. The number of aliphatic carboxylic acids is 1. The molecule has 2 N–H and O–H groups in total. The first-order chi connectivity index (χ1) is 9.75. The Bertz CT molecular complexity index is 608. The van der Waals surface area contributed by atoms with Crippen LogP contribution in [0, 0.1) is 8.99 Å². The Hall–Kier alpha value is -0.530. The predicted molar refractivity (Wildman–Crippen MR) is 90.0 cm³/mol. The maximum absolute atomic E-state index is 12.4. The molecule has 0 bridgehead atoms. The number of nitrogens with one attached hydrogen (secondary N) is 1. The zero-order chi connectivity index (χ0) is 15.8. The number of carbonyl (C=O) groups is 2. The number of rotatable bonds is 3. The van der Waals surface area contributed by atoms with Gasteiger partial charge in [-0.25, -0.2) is 0 Å². The highest BCUT2D eigenvalue weighted by molar-refractivity contribution is 14.1. The van der Waals surface area contributed by atoms with Gasteiger partial charge in [-0.15, -0.1) is 0 Å². The van der Waals surface area contributed by atoms with Gasteiger partial charge in [-0.3, -0.25) is 9.59 Å². The molecule has 1 amide bonds. The summed E-state index contributed by atoms with van der Waals surface area (Å²) in [5.41, 5.74) is -0.559. The van der Waals surface area contributed by atoms with E-state index < -0.39 is 17.4 Å². The summed E-state index contributed by atoms with van der Waals surface area (Å²) in [7, 11) is 0. The maximum Gasteiger partial charge on any atom is 0.311 e. The van der Waals surface area contributed by atoms with E-state index in [-0.39, 0.29) is 5.91 Å². The molecule has 7 heteroatoms. The van der Waals surface area contributed by atoms with Gasteiger partial charge < -0.3 is 10.4 Å². The molecule has 0 heterocycles. The Kier molecular flexibility index (Phi) is 5.05. The minimum atomic E-state index is -0.927. The molecule has 2 rings (SSSR count). The van der Waals surface area contributed by atoms with Crippen molar-refractivity contribution in [3.8, 4) is 0 Å². The summed E-state index contributed by atoms with van der Waals surface area (Å²) in [6, 6.07) is 2.71. The lowest BCUT2D eigenvalue weighted by Gasteiger charge is -2.27. The molecule has 114 valence electrons. The van der Waals surface area contributed by atoms with Crippen LogP contribution in [0.5, 0.6) is 0 Å². The van der Waals surface area contributed by atoms with E-state index in [2.05, 4.69) is 5.32 Å². The molecule has 2 unspecified atom stereocenters. The van der Waals surface area contributed by atoms with E-state index >= 15 is 0 Å². The van der Waals surface area contributed by atoms with Crippen LogP contribution in [0.4, 0.5) is 0 Å². The Morgan fingerprint density at radius 1 is 1.43 bits per heavy atom. The third-order valence-corrected chi connectivity index (χ3v) is 5.99. The SMILES string of the molecule is CC1(C(=O)O)CCCC1NC(=O)c1cc(Cl)cc(Cl)c1I. The van der Waals surface area contributed by atoms with Crippen LogP contribution in [0.2, 0.25) is 10.0 Å². The zero-order valence-electron chi connectivity index (χ0n) is 11.3. The summed E-state index contributed by atoms with van der Waals surface area (Å²) in [5, 5.41) is 13.0. The molecular formula is C14H14Cl2INO3. The van der Waals surface area contributed by atoms with Crippen molar-refractivity contribution in [3.05, 3.63) is 31.3 Å². The first-order valence-corrected chi connectivity index (χ1v) is 8.28. The molecule has 1 aliphatic rings. The number of halogens is 3. The number of carboxylic acid groups (broad SMARTS) is 1. The number of carbonyl (C=O) groups excluding carboxylic acids is 1. The van der Waals surface area contributed by atoms with Crippen molar-refractivity contribution >= 4 is 57.7 Å². The molecule has 2 atom stereocenters. The first kappa shape index (κ1) is 16.8. The highest BCUT2D eigenvalue weighted by Gasteiger charge is 2.46. The largest absolute Gasteiger partial charge is 0.481 e. The summed E-state index contributed by atoms with van der Waals surface area (Å²) in [5.74, 6) is -1.23. The average molecular weight is 442 g/mol. The second-order valence-electron chi connectivity index (χ2n) is 5.39. The molecule has 0 aliphatic heterocycles.